The van der Waals surface area contributed by atoms with Crippen LogP contribution >= 0.6 is 0 Å². The summed E-state index contributed by atoms with van der Waals surface area (Å²) in [6.07, 6.45) is 2.77. The Morgan fingerprint density at radius 3 is 2.70 bits per heavy atom. The summed E-state index contributed by atoms with van der Waals surface area (Å²) in [5.74, 6) is -0.131. The van der Waals surface area contributed by atoms with E-state index in [0.717, 1.165) is 17.4 Å². The number of benzene rings is 1. The molecule has 9 heteroatoms. The number of aromatic nitrogens is 3. The van der Waals surface area contributed by atoms with Gasteiger partial charge < -0.3 is 5.32 Å². The molecule has 1 aliphatic heterocycles. The second kappa shape index (κ2) is 6.51. The Balaban J connectivity index is 1.70. The predicted octanol–water partition coefficient (Wildman–Crippen LogP) is 1.73. The Hall–Kier alpha value is -3.20. The van der Waals surface area contributed by atoms with E-state index in [1.54, 1.807) is 35.1 Å². The van der Waals surface area contributed by atoms with Crippen LogP contribution in [0.2, 0.25) is 0 Å². The molecule has 1 aromatic carbocycles. The number of anilines is 1. The first kappa shape index (κ1) is 17.2. The second-order valence-corrected chi connectivity index (χ2v) is 8.03. The summed E-state index contributed by atoms with van der Waals surface area (Å²) >= 11 is 0. The molecule has 0 saturated carbocycles. The number of carbonyl (C=O) groups excluding carboxylic acids is 1. The van der Waals surface area contributed by atoms with Crippen LogP contribution in [0.4, 0.5) is 5.69 Å². The van der Waals surface area contributed by atoms with Crippen LogP contribution in [0.5, 0.6) is 0 Å². The third-order valence-electron chi connectivity index (χ3n) is 4.14. The number of sulfonamides is 1. The van der Waals surface area contributed by atoms with E-state index in [2.05, 4.69) is 20.1 Å². The molecule has 2 N–H and O–H groups in total. The van der Waals surface area contributed by atoms with Gasteiger partial charge >= 0.3 is 0 Å². The van der Waals surface area contributed by atoms with Crippen molar-refractivity contribution in [2.24, 2.45) is 0 Å². The van der Waals surface area contributed by atoms with E-state index in [9.17, 15) is 13.2 Å². The van der Waals surface area contributed by atoms with Gasteiger partial charge in [0.15, 0.2) is 0 Å². The van der Waals surface area contributed by atoms with Crippen LogP contribution in [0.3, 0.4) is 0 Å². The van der Waals surface area contributed by atoms with Gasteiger partial charge in [-0.05, 0) is 30.3 Å². The molecular formula is C18H17N5O3S. The molecule has 0 unspecified atom stereocenters. The van der Waals surface area contributed by atoms with Crippen molar-refractivity contribution in [2.75, 3.05) is 17.5 Å². The fourth-order valence-electron chi connectivity index (χ4n) is 2.98. The highest BCUT2D eigenvalue weighted by molar-refractivity contribution is 7.92. The van der Waals surface area contributed by atoms with Crippen molar-refractivity contribution in [1.82, 2.24) is 20.1 Å². The molecule has 2 aromatic heterocycles. The molecule has 1 aliphatic rings. The molecule has 8 nitrogen and oxygen atoms in total. The van der Waals surface area contributed by atoms with E-state index >= 15 is 0 Å². The molecule has 27 heavy (non-hydrogen) atoms. The maximum absolute atomic E-state index is 11.9. The van der Waals surface area contributed by atoms with E-state index in [1.165, 1.54) is 0 Å². The lowest BCUT2D eigenvalue weighted by atomic mass is 10.1. The molecular weight excluding hydrogens is 366 g/mol. The molecule has 3 heterocycles. The van der Waals surface area contributed by atoms with Crippen LogP contribution in [0.25, 0.3) is 22.5 Å². The lowest BCUT2D eigenvalue weighted by molar-refractivity contribution is 0.0924. The van der Waals surface area contributed by atoms with Gasteiger partial charge in [0.25, 0.3) is 5.91 Å². The van der Waals surface area contributed by atoms with Gasteiger partial charge in [-0.15, -0.1) is 0 Å². The molecule has 1 amide bonds. The maximum atomic E-state index is 11.9. The highest BCUT2D eigenvalue weighted by Gasteiger charge is 2.20. The minimum atomic E-state index is -3.36. The Bertz CT molecular complexity index is 1140. The Kier molecular flexibility index (Phi) is 4.15. The minimum absolute atomic E-state index is 0.131. The average molecular weight is 383 g/mol. The van der Waals surface area contributed by atoms with Crippen molar-refractivity contribution in [2.45, 2.75) is 6.54 Å². The summed E-state index contributed by atoms with van der Waals surface area (Å²) in [5, 5.41) is 7.31. The van der Waals surface area contributed by atoms with E-state index in [0.29, 0.717) is 35.9 Å². The van der Waals surface area contributed by atoms with Gasteiger partial charge in [-0.25, -0.2) is 8.42 Å². The molecule has 3 aromatic rings. The lowest BCUT2D eigenvalue weighted by Gasteiger charge is -2.13. The van der Waals surface area contributed by atoms with Gasteiger partial charge in [0.1, 0.15) is 5.69 Å². The van der Waals surface area contributed by atoms with Gasteiger partial charge in [-0.2, -0.15) is 5.10 Å². The molecule has 138 valence electrons. The maximum Gasteiger partial charge on any atom is 0.269 e. The second-order valence-electron chi connectivity index (χ2n) is 6.28. The fourth-order valence-corrected chi connectivity index (χ4v) is 3.54. The van der Waals surface area contributed by atoms with Gasteiger partial charge in [-0.1, -0.05) is 12.1 Å². The molecule has 0 radical (unpaired) electrons. The van der Waals surface area contributed by atoms with Crippen LogP contribution < -0.4 is 10.0 Å². The highest BCUT2D eigenvalue weighted by Crippen LogP contribution is 2.26. The van der Waals surface area contributed by atoms with E-state index < -0.39 is 10.0 Å². The van der Waals surface area contributed by atoms with Crippen LogP contribution in [-0.4, -0.2) is 41.9 Å². The molecule has 0 aliphatic carbocycles. The van der Waals surface area contributed by atoms with Gasteiger partial charge in [-0.3, -0.25) is 19.2 Å². The molecule has 0 fully saturated rings. The Labute approximate surface area is 156 Å². The lowest BCUT2D eigenvalue weighted by Crippen LogP contribution is -2.35. The first-order chi connectivity index (χ1) is 12.9. The van der Waals surface area contributed by atoms with Gasteiger partial charge in [0, 0.05) is 29.6 Å². The van der Waals surface area contributed by atoms with Crippen LogP contribution in [0.15, 0.2) is 48.7 Å². The number of fused-ring (bicyclic) bond motifs is 1. The number of carbonyl (C=O) groups is 1. The number of rotatable bonds is 4. The summed E-state index contributed by atoms with van der Waals surface area (Å²) < 4.78 is 27.0. The monoisotopic (exact) mass is 383 g/mol. The summed E-state index contributed by atoms with van der Waals surface area (Å²) in [4.78, 5) is 16.3. The first-order valence-corrected chi connectivity index (χ1v) is 10.2. The number of hydrogen-bond acceptors (Lipinski definition) is 5. The Morgan fingerprint density at radius 2 is 1.93 bits per heavy atom. The third-order valence-corrected chi connectivity index (χ3v) is 4.75. The van der Waals surface area contributed by atoms with Crippen LogP contribution in [-0.2, 0) is 16.6 Å². The quantitative estimate of drug-likeness (QED) is 0.714. The fraction of sp³-hybridized carbons (Fsp3) is 0.167. The van der Waals surface area contributed by atoms with Crippen LogP contribution in [0.1, 0.15) is 10.5 Å². The van der Waals surface area contributed by atoms with Crippen molar-refractivity contribution >= 4 is 21.6 Å². The third kappa shape index (κ3) is 3.68. The largest absolute Gasteiger partial charge is 0.349 e. The number of pyridine rings is 1. The average Bonchev–Trinajstić information content (AvgIpc) is 3.06. The zero-order valence-electron chi connectivity index (χ0n) is 14.5. The number of hydrogen-bond donors (Lipinski definition) is 2. The number of nitrogens with zero attached hydrogens (tertiary/aromatic N) is 3. The van der Waals surface area contributed by atoms with Gasteiger partial charge in [0.05, 0.1) is 24.2 Å². The van der Waals surface area contributed by atoms with E-state index in [-0.39, 0.29) is 5.91 Å². The molecule has 0 atom stereocenters. The summed E-state index contributed by atoms with van der Waals surface area (Å²) in [6, 6.07) is 12.5. The van der Waals surface area contributed by atoms with Crippen LogP contribution in [0, 0.1) is 0 Å². The van der Waals surface area contributed by atoms with Crippen molar-refractivity contribution < 1.29 is 13.2 Å². The Morgan fingerprint density at radius 1 is 1.11 bits per heavy atom. The van der Waals surface area contributed by atoms with Crippen molar-refractivity contribution in [3.63, 3.8) is 0 Å². The predicted molar refractivity (Wildman–Crippen MR) is 102 cm³/mol. The SMILES string of the molecule is CS(=O)(=O)Nc1cccc(-c2cc(-c3cc4n(n3)CCNC4=O)ccn2)c1. The summed E-state index contributed by atoms with van der Waals surface area (Å²) in [5.41, 5.74) is 3.98. The van der Waals surface area contributed by atoms with Gasteiger partial charge in [0.2, 0.25) is 10.0 Å². The standard InChI is InChI=1S/C18H17N5O3S/c1-27(25,26)22-14-4-2-3-12(9-14)15-10-13(5-6-19-15)16-11-17-18(24)20-7-8-23(17)21-16/h2-6,9-11,22H,7-8H2,1H3,(H,20,24). The minimum Gasteiger partial charge on any atom is -0.349 e. The molecule has 0 bridgehead atoms. The van der Waals surface area contributed by atoms with E-state index in [4.69, 9.17) is 0 Å². The summed E-state index contributed by atoms with van der Waals surface area (Å²) in [7, 11) is -3.36. The zero-order valence-corrected chi connectivity index (χ0v) is 15.3. The van der Waals surface area contributed by atoms with Crippen molar-refractivity contribution in [3.8, 4) is 22.5 Å². The number of amides is 1. The van der Waals surface area contributed by atoms with E-state index in [1.807, 2.05) is 18.2 Å². The zero-order chi connectivity index (χ0) is 19.0. The van der Waals surface area contributed by atoms with Crippen molar-refractivity contribution in [3.05, 3.63) is 54.4 Å². The smallest absolute Gasteiger partial charge is 0.269 e. The van der Waals surface area contributed by atoms with Crippen molar-refractivity contribution in [1.29, 1.82) is 0 Å². The normalized spacial score (nSPS) is 13.7. The summed E-state index contributed by atoms with van der Waals surface area (Å²) in [6.45, 7) is 1.20. The first-order valence-electron chi connectivity index (χ1n) is 8.30. The molecule has 0 saturated heterocycles. The molecule has 4 rings (SSSR count). The highest BCUT2D eigenvalue weighted by atomic mass is 32.2. The topological polar surface area (TPSA) is 106 Å². The molecule has 0 spiro atoms. The number of nitrogens with one attached hydrogen (secondary N) is 2.